The zero-order chi connectivity index (χ0) is 13.1. The van der Waals surface area contributed by atoms with Crippen molar-refractivity contribution in [3.05, 3.63) is 34.9 Å². The van der Waals surface area contributed by atoms with E-state index < -0.39 is 11.7 Å². The molecule has 0 amide bonds. The van der Waals surface area contributed by atoms with Gasteiger partial charge in [0.15, 0.2) is 0 Å². The molecular formula is C13H14F3N. The normalized spacial score (nSPS) is 11.6. The first kappa shape index (κ1) is 13.6. The minimum absolute atomic E-state index is 0.115. The molecule has 0 heterocycles. The van der Waals surface area contributed by atoms with E-state index in [-0.39, 0.29) is 11.5 Å². The second kappa shape index (κ2) is 5.22. The van der Waals surface area contributed by atoms with Gasteiger partial charge in [-0.3, -0.25) is 0 Å². The molecule has 1 rings (SSSR count). The summed E-state index contributed by atoms with van der Waals surface area (Å²) in [5, 5.41) is 8.68. The first-order chi connectivity index (χ1) is 7.93. The van der Waals surface area contributed by atoms with E-state index in [4.69, 9.17) is 5.26 Å². The predicted octanol–water partition coefficient (Wildman–Crippen LogP) is 4.48. The van der Waals surface area contributed by atoms with E-state index in [0.717, 1.165) is 18.9 Å². The molecule has 0 bridgehead atoms. The third-order valence-electron chi connectivity index (χ3n) is 2.93. The Morgan fingerprint density at radius 1 is 1.24 bits per heavy atom. The highest BCUT2D eigenvalue weighted by atomic mass is 19.4. The molecule has 92 valence electrons. The van der Waals surface area contributed by atoms with Crippen LogP contribution in [0, 0.1) is 11.3 Å². The Bertz CT molecular complexity index is 425. The van der Waals surface area contributed by atoms with Crippen molar-refractivity contribution in [2.45, 2.75) is 38.8 Å². The zero-order valence-electron chi connectivity index (χ0n) is 9.80. The summed E-state index contributed by atoms with van der Waals surface area (Å²) in [4.78, 5) is 0. The summed E-state index contributed by atoms with van der Waals surface area (Å²) in [6, 6.07) is 5.57. The SMILES string of the molecule is CCC(CC)c1ccc(C#N)c(C(F)(F)F)c1. The number of halogens is 3. The maximum atomic E-state index is 12.7. The zero-order valence-corrected chi connectivity index (χ0v) is 9.80. The van der Waals surface area contributed by atoms with E-state index in [9.17, 15) is 13.2 Å². The summed E-state index contributed by atoms with van der Waals surface area (Å²) in [6.45, 7) is 3.89. The molecule has 0 radical (unpaired) electrons. The van der Waals surface area contributed by atoms with Crippen molar-refractivity contribution in [1.29, 1.82) is 5.26 Å². The molecule has 17 heavy (non-hydrogen) atoms. The van der Waals surface area contributed by atoms with E-state index in [1.807, 2.05) is 13.8 Å². The molecule has 0 atom stereocenters. The van der Waals surface area contributed by atoms with Gasteiger partial charge < -0.3 is 0 Å². The number of nitriles is 1. The smallest absolute Gasteiger partial charge is 0.192 e. The van der Waals surface area contributed by atoms with E-state index in [2.05, 4.69) is 0 Å². The Kier molecular flexibility index (Phi) is 4.17. The first-order valence-electron chi connectivity index (χ1n) is 5.55. The lowest BCUT2D eigenvalue weighted by Crippen LogP contribution is -2.09. The molecule has 0 aliphatic heterocycles. The van der Waals surface area contributed by atoms with Crippen LogP contribution in [0.2, 0.25) is 0 Å². The van der Waals surface area contributed by atoms with Crippen molar-refractivity contribution in [3.63, 3.8) is 0 Å². The molecule has 4 heteroatoms. The lowest BCUT2D eigenvalue weighted by atomic mass is 9.91. The van der Waals surface area contributed by atoms with Crippen molar-refractivity contribution >= 4 is 0 Å². The summed E-state index contributed by atoms with van der Waals surface area (Å²) in [5.74, 6) is 0.115. The molecular weight excluding hydrogens is 227 g/mol. The molecule has 0 aromatic heterocycles. The number of rotatable bonds is 3. The van der Waals surface area contributed by atoms with Gasteiger partial charge in [0.2, 0.25) is 0 Å². The summed E-state index contributed by atoms with van der Waals surface area (Å²) >= 11 is 0. The van der Waals surface area contributed by atoms with Gasteiger partial charge in [-0.25, -0.2) is 0 Å². The fourth-order valence-corrected chi connectivity index (χ4v) is 1.91. The molecule has 0 aliphatic carbocycles. The van der Waals surface area contributed by atoms with E-state index in [1.54, 1.807) is 12.1 Å². The van der Waals surface area contributed by atoms with Crippen molar-refractivity contribution in [3.8, 4) is 6.07 Å². The van der Waals surface area contributed by atoms with Gasteiger partial charge in [0.05, 0.1) is 17.2 Å². The summed E-state index contributed by atoms with van der Waals surface area (Å²) in [6.07, 6.45) is -2.88. The largest absolute Gasteiger partial charge is 0.417 e. The lowest BCUT2D eigenvalue weighted by molar-refractivity contribution is -0.137. The maximum absolute atomic E-state index is 12.7. The van der Waals surface area contributed by atoms with Crippen LogP contribution >= 0.6 is 0 Å². The fourth-order valence-electron chi connectivity index (χ4n) is 1.91. The molecule has 0 N–H and O–H groups in total. The minimum Gasteiger partial charge on any atom is -0.192 e. The topological polar surface area (TPSA) is 23.8 Å². The number of hydrogen-bond acceptors (Lipinski definition) is 1. The highest BCUT2D eigenvalue weighted by molar-refractivity contribution is 5.42. The van der Waals surface area contributed by atoms with Crippen LogP contribution in [0.1, 0.15) is 49.3 Å². The van der Waals surface area contributed by atoms with Crippen molar-refractivity contribution in [1.82, 2.24) is 0 Å². The van der Waals surface area contributed by atoms with Crippen LogP contribution in [0.25, 0.3) is 0 Å². The molecule has 0 saturated heterocycles. The predicted molar refractivity (Wildman–Crippen MR) is 59.5 cm³/mol. The van der Waals surface area contributed by atoms with Crippen molar-refractivity contribution in [2.24, 2.45) is 0 Å². The van der Waals surface area contributed by atoms with Crippen LogP contribution < -0.4 is 0 Å². The minimum atomic E-state index is -4.47. The Labute approximate surface area is 98.9 Å². The van der Waals surface area contributed by atoms with Gasteiger partial charge in [0, 0.05) is 0 Å². The summed E-state index contributed by atoms with van der Waals surface area (Å²) in [7, 11) is 0. The molecule has 1 aromatic rings. The third-order valence-corrected chi connectivity index (χ3v) is 2.93. The monoisotopic (exact) mass is 241 g/mol. The highest BCUT2D eigenvalue weighted by Crippen LogP contribution is 2.34. The number of nitrogens with zero attached hydrogens (tertiary/aromatic N) is 1. The van der Waals surface area contributed by atoms with Crippen LogP contribution in [0.3, 0.4) is 0 Å². The van der Waals surface area contributed by atoms with E-state index >= 15 is 0 Å². The van der Waals surface area contributed by atoms with Gasteiger partial charge >= 0.3 is 6.18 Å². The van der Waals surface area contributed by atoms with Crippen LogP contribution in [0.4, 0.5) is 13.2 Å². The number of alkyl halides is 3. The second-order valence-electron chi connectivity index (χ2n) is 3.93. The standard InChI is InChI=1S/C13H14F3N/c1-3-9(4-2)10-5-6-11(8-17)12(7-10)13(14,15)16/h5-7,9H,3-4H2,1-2H3. The van der Waals surface area contributed by atoms with Crippen LogP contribution in [-0.4, -0.2) is 0 Å². The molecule has 1 aromatic carbocycles. The Morgan fingerprint density at radius 3 is 2.24 bits per heavy atom. The third kappa shape index (κ3) is 3.00. The fraction of sp³-hybridized carbons (Fsp3) is 0.462. The molecule has 0 unspecified atom stereocenters. The molecule has 1 nitrogen and oxygen atoms in total. The van der Waals surface area contributed by atoms with Gasteiger partial charge in [-0.1, -0.05) is 19.9 Å². The first-order valence-corrected chi connectivity index (χ1v) is 5.55. The number of benzene rings is 1. The summed E-state index contributed by atoms with van der Waals surface area (Å²) in [5.41, 5.74) is -0.488. The molecule has 0 saturated carbocycles. The number of hydrogen-bond donors (Lipinski definition) is 0. The van der Waals surface area contributed by atoms with Gasteiger partial charge in [-0.2, -0.15) is 18.4 Å². The van der Waals surface area contributed by atoms with E-state index in [0.29, 0.717) is 5.56 Å². The average molecular weight is 241 g/mol. The highest BCUT2D eigenvalue weighted by Gasteiger charge is 2.34. The Hall–Kier alpha value is -1.50. The van der Waals surface area contributed by atoms with Crippen molar-refractivity contribution in [2.75, 3.05) is 0 Å². The quantitative estimate of drug-likeness (QED) is 0.765. The van der Waals surface area contributed by atoms with Crippen LogP contribution in [0.15, 0.2) is 18.2 Å². The second-order valence-corrected chi connectivity index (χ2v) is 3.93. The molecule has 0 aliphatic rings. The van der Waals surface area contributed by atoms with Gasteiger partial charge in [0.25, 0.3) is 0 Å². The van der Waals surface area contributed by atoms with Crippen LogP contribution in [-0.2, 0) is 6.18 Å². The van der Waals surface area contributed by atoms with Gasteiger partial charge in [-0.15, -0.1) is 0 Å². The van der Waals surface area contributed by atoms with Gasteiger partial charge in [-0.05, 0) is 36.5 Å². The van der Waals surface area contributed by atoms with Crippen LogP contribution in [0.5, 0.6) is 0 Å². The average Bonchev–Trinajstić information content (AvgIpc) is 2.29. The van der Waals surface area contributed by atoms with Crippen molar-refractivity contribution < 1.29 is 13.2 Å². The molecule has 0 spiro atoms. The lowest BCUT2D eigenvalue weighted by Gasteiger charge is -2.16. The molecule has 0 fully saturated rings. The van der Waals surface area contributed by atoms with Gasteiger partial charge in [0.1, 0.15) is 0 Å². The Morgan fingerprint density at radius 2 is 1.82 bits per heavy atom. The maximum Gasteiger partial charge on any atom is 0.417 e. The van der Waals surface area contributed by atoms with E-state index in [1.165, 1.54) is 6.07 Å². The summed E-state index contributed by atoms with van der Waals surface area (Å²) < 4.78 is 38.2. The Balaban J connectivity index is 3.28.